The molecule has 0 saturated heterocycles. The fraction of sp³-hybridized carbons (Fsp3) is 0.211. The summed E-state index contributed by atoms with van der Waals surface area (Å²) in [4.78, 5) is 12.5. The molecule has 7 nitrogen and oxygen atoms in total. The Bertz CT molecular complexity index is 1090. The van der Waals surface area contributed by atoms with Crippen molar-refractivity contribution < 1.29 is 13.2 Å². The molecule has 0 fully saturated rings. The van der Waals surface area contributed by atoms with E-state index < -0.39 is 10.0 Å². The van der Waals surface area contributed by atoms with Crippen molar-refractivity contribution in [1.82, 2.24) is 10.2 Å². The number of benzene rings is 2. The number of amides is 1. The van der Waals surface area contributed by atoms with Gasteiger partial charge in [0.1, 0.15) is 5.01 Å². The second-order valence-corrected chi connectivity index (χ2v) is 9.06. The first-order valence-corrected chi connectivity index (χ1v) is 10.9. The van der Waals surface area contributed by atoms with Gasteiger partial charge in [-0.3, -0.25) is 9.52 Å². The zero-order valence-corrected chi connectivity index (χ0v) is 17.3. The van der Waals surface area contributed by atoms with Crippen LogP contribution in [0.25, 0.3) is 0 Å². The Kier molecular flexibility index (Phi) is 5.76. The summed E-state index contributed by atoms with van der Waals surface area (Å²) in [6.45, 7) is 5.78. The van der Waals surface area contributed by atoms with Crippen LogP contribution in [-0.4, -0.2) is 24.5 Å². The van der Waals surface area contributed by atoms with E-state index >= 15 is 0 Å². The van der Waals surface area contributed by atoms with Gasteiger partial charge in [-0.25, -0.2) is 8.42 Å². The summed E-state index contributed by atoms with van der Waals surface area (Å²) < 4.78 is 27.4. The molecule has 3 rings (SSSR count). The third-order valence-electron chi connectivity index (χ3n) is 3.90. The van der Waals surface area contributed by atoms with Gasteiger partial charge in [0.25, 0.3) is 15.9 Å². The minimum Gasteiger partial charge on any atom is -0.322 e. The SMILES string of the molecule is CCc1nnc(NS(=O)(=O)c2ccc(NC(=O)c3cc(C)cc(C)c3)cc2)s1. The highest BCUT2D eigenvalue weighted by atomic mass is 32.2. The van der Waals surface area contributed by atoms with Gasteiger partial charge in [-0.15, -0.1) is 10.2 Å². The summed E-state index contributed by atoms with van der Waals surface area (Å²) in [6, 6.07) is 11.6. The highest BCUT2D eigenvalue weighted by Gasteiger charge is 2.17. The maximum Gasteiger partial charge on any atom is 0.263 e. The molecule has 9 heteroatoms. The first kappa shape index (κ1) is 20.0. The van der Waals surface area contributed by atoms with Crippen molar-refractivity contribution in [3.05, 3.63) is 64.2 Å². The lowest BCUT2D eigenvalue weighted by molar-refractivity contribution is 0.102. The van der Waals surface area contributed by atoms with E-state index in [0.717, 1.165) is 16.1 Å². The van der Waals surface area contributed by atoms with Gasteiger partial charge >= 0.3 is 0 Å². The number of anilines is 2. The molecule has 0 atom stereocenters. The van der Waals surface area contributed by atoms with Crippen LogP contribution >= 0.6 is 11.3 Å². The number of aryl methyl sites for hydroxylation is 3. The standard InChI is InChI=1S/C19H20N4O3S2/c1-4-17-21-22-19(27-17)23-28(25,26)16-7-5-15(6-8-16)20-18(24)14-10-12(2)9-13(3)11-14/h5-11H,4H2,1-3H3,(H,20,24)(H,22,23). The molecule has 1 aromatic heterocycles. The average Bonchev–Trinajstić information content (AvgIpc) is 3.08. The Morgan fingerprint density at radius 2 is 1.68 bits per heavy atom. The second kappa shape index (κ2) is 8.07. The van der Waals surface area contributed by atoms with E-state index in [1.807, 2.05) is 26.8 Å². The van der Waals surface area contributed by atoms with Gasteiger partial charge in [-0.2, -0.15) is 0 Å². The number of nitrogens with zero attached hydrogens (tertiary/aromatic N) is 2. The molecule has 0 aliphatic rings. The minimum absolute atomic E-state index is 0.0742. The van der Waals surface area contributed by atoms with Crippen molar-refractivity contribution in [1.29, 1.82) is 0 Å². The van der Waals surface area contributed by atoms with Gasteiger partial charge in [-0.05, 0) is 56.7 Å². The van der Waals surface area contributed by atoms with Crippen LogP contribution in [0.2, 0.25) is 0 Å². The van der Waals surface area contributed by atoms with Crippen molar-refractivity contribution in [2.24, 2.45) is 0 Å². The van der Waals surface area contributed by atoms with Crippen LogP contribution in [0.4, 0.5) is 10.8 Å². The van der Waals surface area contributed by atoms with E-state index in [9.17, 15) is 13.2 Å². The fourth-order valence-electron chi connectivity index (χ4n) is 2.64. The van der Waals surface area contributed by atoms with Gasteiger partial charge in [0.2, 0.25) is 5.13 Å². The van der Waals surface area contributed by atoms with Crippen LogP contribution in [0.5, 0.6) is 0 Å². The molecule has 2 aromatic carbocycles. The van der Waals surface area contributed by atoms with Gasteiger partial charge in [0.15, 0.2) is 0 Å². The average molecular weight is 417 g/mol. The summed E-state index contributed by atoms with van der Waals surface area (Å²) in [5.74, 6) is -0.249. The smallest absolute Gasteiger partial charge is 0.263 e. The van der Waals surface area contributed by atoms with Crippen LogP contribution < -0.4 is 10.0 Å². The molecule has 3 aromatic rings. The van der Waals surface area contributed by atoms with E-state index in [4.69, 9.17) is 0 Å². The van der Waals surface area contributed by atoms with Crippen molar-refractivity contribution in [3.63, 3.8) is 0 Å². The van der Waals surface area contributed by atoms with Crippen molar-refractivity contribution in [3.8, 4) is 0 Å². The molecular weight excluding hydrogens is 396 g/mol. The fourth-order valence-corrected chi connectivity index (χ4v) is 4.55. The highest BCUT2D eigenvalue weighted by molar-refractivity contribution is 7.93. The van der Waals surface area contributed by atoms with Gasteiger partial charge in [0, 0.05) is 11.3 Å². The Morgan fingerprint density at radius 3 is 2.25 bits per heavy atom. The van der Waals surface area contributed by atoms with Gasteiger partial charge in [-0.1, -0.05) is 35.5 Å². The molecule has 146 valence electrons. The second-order valence-electron chi connectivity index (χ2n) is 6.31. The summed E-state index contributed by atoms with van der Waals surface area (Å²) >= 11 is 1.20. The highest BCUT2D eigenvalue weighted by Crippen LogP contribution is 2.21. The lowest BCUT2D eigenvalue weighted by atomic mass is 10.1. The molecule has 1 heterocycles. The monoisotopic (exact) mass is 416 g/mol. The zero-order valence-electron chi connectivity index (χ0n) is 15.7. The number of nitrogens with one attached hydrogen (secondary N) is 2. The Labute approximate surface area is 167 Å². The lowest BCUT2D eigenvalue weighted by Gasteiger charge is -2.09. The Morgan fingerprint density at radius 1 is 1.04 bits per heavy atom. The van der Waals surface area contributed by atoms with Gasteiger partial charge in [0.05, 0.1) is 4.90 Å². The van der Waals surface area contributed by atoms with Crippen molar-refractivity contribution in [2.45, 2.75) is 32.1 Å². The van der Waals surface area contributed by atoms with Crippen LogP contribution in [-0.2, 0) is 16.4 Å². The predicted molar refractivity (Wildman–Crippen MR) is 110 cm³/mol. The number of carbonyl (C=O) groups excluding carboxylic acids is 1. The molecular formula is C19H20N4O3S2. The third-order valence-corrected chi connectivity index (χ3v) is 6.36. The van der Waals surface area contributed by atoms with Gasteiger partial charge < -0.3 is 5.32 Å². The lowest BCUT2D eigenvalue weighted by Crippen LogP contribution is -2.14. The first-order chi connectivity index (χ1) is 13.3. The molecule has 0 aliphatic heterocycles. The molecule has 28 heavy (non-hydrogen) atoms. The summed E-state index contributed by atoms with van der Waals surface area (Å²) in [6.07, 6.45) is 0.689. The molecule has 0 aliphatic carbocycles. The van der Waals surface area contributed by atoms with Crippen LogP contribution in [0.1, 0.15) is 33.4 Å². The van der Waals surface area contributed by atoms with Crippen molar-refractivity contribution in [2.75, 3.05) is 10.0 Å². The quantitative estimate of drug-likeness (QED) is 0.637. The predicted octanol–water partition coefficient (Wildman–Crippen LogP) is 3.77. The third kappa shape index (κ3) is 4.73. The van der Waals surface area contributed by atoms with E-state index in [1.54, 1.807) is 24.3 Å². The molecule has 0 spiro atoms. The number of hydrogen-bond acceptors (Lipinski definition) is 6. The molecule has 0 bridgehead atoms. The van der Waals surface area contributed by atoms with E-state index in [0.29, 0.717) is 17.7 Å². The first-order valence-electron chi connectivity index (χ1n) is 8.62. The molecule has 0 unspecified atom stereocenters. The van der Waals surface area contributed by atoms with Crippen molar-refractivity contribution >= 4 is 38.1 Å². The van der Waals surface area contributed by atoms with Crippen LogP contribution in [0.15, 0.2) is 47.4 Å². The molecule has 0 radical (unpaired) electrons. The summed E-state index contributed by atoms with van der Waals surface area (Å²) in [5.41, 5.74) is 3.06. The topological polar surface area (TPSA) is 101 Å². The largest absolute Gasteiger partial charge is 0.322 e. The maximum atomic E-state index is 12.5. The number of carbonyl (C=O) groups is 1. The normalized spacial score (nSPS) is 11.2. The summed E-state index contributed by atoms with van der Waals surface area (Å²) in [5, 5.41) is 11.5. The zero-order chi connectivity index (χ0) is 20.3. The van der Waals surface area contributed by atoms with Crippen LogP contribution in [0.3, 0.4) is 0 Å². The number of hydrogen-bond donors (Lipinski definition) is 2. The number of sulfonamides is 1. The van der Waals surface area contributed by atoms with E-state index in [2.05, 4.69) is 20.2 Å². The molecule has 0 saturated carbocycles. The van der Waals surface area contributed by atoms with E-state index in [1.165, 1.54) is 23.5 Å². The number of rotatable bonds is 6. The minimum atomic E-state index is -3.77. The van der Waals surface area contributed by atoms with E-state index in [-0.39, 0.29) is 15.9 Å². The Balaban J connectivity index is 1.72. The van der Waals surface area contributed by atoms with Crippen LogP contribution in [0, 0.1) is 13.8 Å². The Hall–Kier alpha value is -2.78. The molecule has 1 amide bonds. The number of aromatic nitrogens is 2. The maximum absolute atomic E-state index is 12.5. The summed E-state index contributed by atoms with van der Waals surface area (Å²) in [7, 11) is -3.77. The molecule has 2 N–H and O–H groups in total.